The van der Waals surface area contributed by atoms with Crippen LogP contribution >= 0.6 is 23.4 Å². The highest BCUT2D eigenvalue weighted by molar-refractivity contribution is 8.05. The SMILES string of the molecule is Cc1cc2c(cc1Cl)S/C(=C\C(=O)O)C(=NCC(C)C)NS2(=O)=O. The lowest BCUT2D eigenvalue weighted by atomic mass is 10.2. The first-order valence-corrected chi connectivity index (χ1v) is 9.78. The number of aliphatic carboxylic acids is 1. The molecule has 0 bridgehead atoms. The van der Waals surface area contributed by atoms with E-state index in [4.69, 9.17) is 16.7 Å². The van der Waals surface area contributed by atoms with Crippen LogP contribution < -0.4 is 4.72 Å². The molecule has 0 unspecified atom stereocenters. The summed E-state index contributed by atoms with van der Waals surface area (Å²) >= 11 is 7.10. The Morgan fingerprint density at radius 2 is 2.12 bits per heavy atom. The van der Waals surface area contributed by atoms with Crippen LogP contribution in [0, 0.1) is 12.8 Å². The van der Waals surface area contributed by atoms with Gasteiger partial charge < -0.3 is 5.11 Å². The molecule has 0 saturated carbocycles. The first-order chi connectivity index (χ1) is 11.1. The van der Waals surface area contributed by atoms with Crippen LogP contribution in [0.25, 0.3) is 0 Å². The topological polar surface area (TPSA) is 95.8 Å². The number of carbonyl (C=O) groups is 1. The fraction of sp³-hybridized carbons (Fsp3) is 0.333. The van der Waals surface area contributed by atoms with E-state index in [1.807, 2.05) is 13.8 Å². The number of benzene rings is 1. The second-order valence-electron chi connectivity index (χ2n) is 5.69. The van der Waals surface area contributed by atoms with E-state index in [0.717, 1.165) is 17.8 Å². The van der Waals surface area contributed by atoms with E-state index < -0.39 is 16.0 Å². The molecule has 1 aliphatic rings. The van der Waals surface area contributed by atoms with E-state index in [-0.39, 0.29) is 21.6 Å². The maximum Gasteiger partial charge on any atom is 0.329 e. The van der Waals surface area contributed by atoms with Gasteiger partial charge in [-0.25, -0.2) is 13.2 Å². The molecule has 6 nitrogen and oxygen atoms in total. The maximum absolute atomic E-state index is 12.6. The molecule has 1 heterocycles. The molecule has 0 aliphatic carbocycles. The molecule has 0 aromatic heterocycles. The van der Waals surface area contributed by atoms with Gasteiger partial charge in [-0.2, -0.15) is 0 Å². The van der Waals surface area contributed by atoms with Gasteiger partial charge in [0.2, 0.25) is 0 Å². The van der Waals surface area contributed by atoms with Crippen LogP contribution in [-0.4, -0.2) is 31.9 Å². The molecule has 1 aromatic rings. The number of sulfonamides is 1. The molecule has 0 spiro atoms. The van der Waals surface area contributed by atoms with Crippen LogP contribution in [0.2, 0.25) is 5.02 Å². The number of rotatable bonds is 3. The largest absolute Gasteiger partial charge is 0.478 e. The molecule has 1 aliphatic heterocycles. The third-order valence-electron chi connectivity index (χ3n) is 3.07. The average Bonchev–Trinajstić information content (AvgIpc) is 2.53. The van der Waals surface area contributed by atoms with Gasteiger partial charge in [0.05, 0.1) is 4.91 Å². The van der Waals surface area contributed by atoms with Gasteiger partial charge >= 0.3 is 5.97 Å². The van der Waals surface area contributed by atoms with Crippen LogP contribution in [0.5, 0.6) is 0 Å². The van der Waals surface area contributed by atoms with Crippen molar-refractivity contribution in [3.63, 3.8) is 0 Å². The zero-order valence-corrected chi connectivity index (χ0v) is 15.7. The number of halogens is 1. The van der Waals surface area contributed by atoms with Gasteiger partial charge in [0.15, 0.2) is 0 Å². The molecule has 1 aromatic carbocycles. The number of nitrogens with one attached hydrogen (secondary N) is 1. The third-order valence-corrected chi connectivity index (χ3v) is 6.07. The number of nitrogens with zero attached hydrogens (tertiary/aromatic N) is 1. The predicted octanol–water partition coefficient (Wildman–Crippen LogP) is 3.06. The smallest absolute Gasteiger partial charge is 0.329 e. The number of hydrogen-bond acceptors (Lipinski definition) is 5. The first-order valence-electron chi connectivity index (χ1n) is 7.10. The highest BCUT2D eigenvalue weighted by Crippen LogP contribution is 2.38. The summed E-state index contributed by atoms with van der Waals surface area (Å²) in [5, 5.41) is 9.49. The second kappa shape index (κ2) is 7.16. The highest BCUT2D eigenvalue weighted by Gasteiger charge is 2.29. The Bertz CT molecular complexity index is 845. The number of amidine groups is 1. The van der Waals surface area contributed by atoms with Gasteiger partial charge in [0.25, 0.3) is 10.0 Å². The van der Waals surface area contributed by atoms with Crippen molar-refractivity contribution >= 4 is 45.2 Å². The molecule has 0 radical (unpaired) electrons. The summed E-state index contributed by atoms with van der Waals surface area (Å²) in [6.45, 7) is 5.93. The van der Waals surface area contributed by atoms with Crippen LogP contribution in [0.3, 0.4) is 0 Å². The molecule has 130 valence electrons. The van der Waals surface area contributed by atoms with Crippen LogP contribution in [0.15, 0.2) is 37.9 Å². The third kappa shape index (κ3) is 4.31. The Kier molecular flexibility index (Phi) is 5.62. The molecule has 0 saturated heterocycles. The molecule has 0 amide bonds. The van der Waals surface area contributed by atoms with Crippen molar-refractivity contribution < 1.29 is 18.3 Å². The number of carboxylic acids is 1. The van der Waals surface area contributed by atoms with Crippen molar-refractivity contribution in [2.45, 2.75) is 30.6 Å². The van der Waals surface area contributed by atoms with Gasteiger partial charge in [-0.1, -0.05) is 37.2 Å². The fourth-order valence-corrected chi connectivity index (χ4v) is 4.81. The number of aryl methyl sites for hydroxylation is 1. The fourth-order valence-electron chi connectivity index (χ4n) is 1.92. The maximum atomic E-state index is 12.6. The molecule has 24 heavy (non-hydrogen) atoms. The molecule has 0 fully saturated rings. The van der Waals surface area contributed by atoms with Crippen LogP contribution in [0.1, 0.15) is 19.4 Å². The van der Waals surface area contributed by atoms with E-state index in [2.05, 4.69) is 9.71 Å². The number of thioether (sulfide) groups is 1. The highest BCUT2D eigenvalue weighted by atomic mass is 35.5. The Morgan fingerprint density at radius 1 is 1.46 bits per heavy atom. The molecular weight excluding hydrogens is 372 g/mol. The monoisotopic (exact) mass is 388 g/mol. The van der Waals surface area contributed by atoms with E-state index in [1.54, 1.807) is 6.92 Å². The summed E-state index contributed by atoms with van der Waals surface area (Å²) in [5.41, 5.74) is 0.618. The van der Waals surface area contributed by atoms with Gasteiger partial charge in [-0.3, -0.25) is 9.71 Å². The number of fused-ring (bicyclic) bond motifs is 1. The number of hydrogen-bond donors (Lipinski definition) is 2. The molecule has 0 atom stereocenters. The number of carboxylic acid groups (broad SMARTS) is 1. The Labute approximate surface area is 150 Å². The van der Waals surface area contributed by atoms with Gasteiger partial charge in [0.1, 0.15) is 10.7 Å². The lowest BCUT2D eigenvalue weighted by Gasteiger charge is -2.09. The molecular formula is C15H17ClN2O4S2. The minimum absolute atomic E-state index is 0.0288. The standard InChI is InChI=1S/C15H17ClN2O4S2/c1-8(2)7-17-15-12(6-14(19)20)23-11-5-10(16)9(3)4-13(11)24(21,22)18-15/h4-6,8H,7H2,1-3H3,(H,17,18)(H,19,20)/b12-6-. The lowest BCUT2D eigenvalue weighted by molar-refractivity contribution is -0.131. The van der Waals surface area contributed by atoms with Crippen molar-refractivity contribution in [2.75, 3.05) is 6.54 Å². The predicted molar refractivity (Wildman–Crippen MR) is 95.2 cm³/mol. The van der Waals surface area contributed by atoms with Crippen molar-refractivity contribution in [3.05, 3.63) is 33.7 Å². The lowest BCUT2D eigenvalue weighted by Crippen LogP contribution is -2.30. The van der Waals surface area contributed by atoms with E-state index in [1.165, 1.54) is 12.1 Å². The molecule has 9 heteroatoms. The first kappa shape index (κ1) is 18.8. The zero-order chi connectivity index (χ0) is 18.1. The van der Waals surface area contributed by atoms with Crippen LogP contribution in [-0.2, 0) is 14.8 Å². The van der Waals surface area contributed by atoms with Crippen molar-refractivity contribution in [1.29, 1.82) is 0 Å². The number of aliphatic imine (C=N–C) groups is 1. The Balaban J connectivity index is 2.65. The molecule has 2 rings (SSSR count). The minimum atomic E-state index is -3.88. The minimum Gasteiger partial charge on any atom is -0.478 e. The van der Waals surface area contributed by atoms with E-state index >= 15 is 0 Å². The van der Waals surface area contributed by atoms with Crippen LogP contribution in [0.4, 0.5) is 0 Å². The van der Waals surface area contributed by atoms with Crippen molar-refractivity contribution in [3.8, 4) is 0 Å². The second-order valence-corrected chi connectivity index (χ2v) is 8.83. The van der Waals surface area contributed by atoms with Gasteiger partial charge in [0, 0.05) is 22.5 Å². The van der Waals surface area contributed by atoms with Gasteiger partial charge in [-0.05, 0) is 30.5 Å². The average molecular weight is 389 g/mol. The Morgan fingerprint density at radius 3 is 2.71 bits per heavy atom. The van der Waals surface area contributed by atoms with Crippen molar-refractivity contribution in [2.24, 2.45) is 10.9 Å². The zero-order valence-electron chi connectivity index (χ0n) is 13.3. The van der Waals surface area contributed by atoms with Crippen molar-refractivity contribution in [1.82, 2.24) is 4.72 Å². The summed E-state index contributed by atoms with van der Waals surface area (Å²) in [6.07, 6.45) is 0.940. The normalized spacial score (nSPS) is 19.9. The summed E-state index contributed by atoms with van der Waals surface area (Å²) in [4.78, 5) is 16.0. The quantitative estimate of drug-likeness (QED) is 0.776. The summed E-state index contributed by atoms with van der Waals surface area (Å²) in [6, 6.07) is 2.99. The van der Waals surface area contributed by atoms with E-state index in [9.17, 15) is 13.2 Å². The summed E-state index contributed by atoms with van der Waals surface area (Å²) < 4.78 is 27.6. The van der Waals surface area contributed by atoms with Gasteiger partial charge in [-0.15, -0.1) is 0 Å². The summed E-state index contributed by atoms with van der Waals surface area (Å²) in [7, 11) is -3.88. The summed E-state index contributed by atoms with van der Waals surface area (Å²) in [5.74, 6) is -0.961. The van der Waals surface area contributed by atoms with E-state index in [0.29, 0.717) is 22.0 Å². The Hall–Kier alpha value is -1.51. The molecule has 2 N–H and O–H groups in total.